The Labute approximate surface area is 865 Å². The molecule has 758 valence electrons. The molecule has 40 heteroatoms. The van der Waals surface area contributed by atoms with Crippen molar-refractivity contribution in [3.05, 3.63) is 369 Å². The summed E-state index contributed by atoms with van der Waals surface area (Å²) in [6.07, 6.45) is 5.04. The van der Waals surface area contributed by atoms with Gasteiger partial charge in [0, 0.05) is 119 Å². The van der Waals surface area contributed by atoms with Crippen molar-refractivity contribution >= 4 is 133 Å². The molecule has 5 aliphatic heterocycles. The zero-order valence-corrected chi connectivity index (χ0v) is 85.1. The van der Waals surface area contributed by atoms with E-state index >= 15 is 0 Å². The Bertz CT molecular complexity index is 7200. The average molecular weight is 2060 g/mol. The number of benzene rings is 10. The lowest BCUT2D eigenvalue weighted by Crippen LogP contribution is -2.31. The number of halogens is 8. The number of hydrogen-bond donors (Lipinski definition) is 2. The highest BCUT2D eigenvalue weighted by atomic mass is 35.5. The molecule has 0 bridgehead atoms. The van der Waals surface area contributed by atoms with Gasteiger partial charge in [0.05, 0.1) is 56.4 Å². The maximum absolute atomic E-state index is 14.2. The van der Waals surface area contributed by atoms with Crippen LogP contribution >= 0.6 is 34.8 Å². The number of anilines is 7. The van der Waals surface area contributed by atoms with Crippen LogP contribution in [-0.2, 0) is 54.5 Å². The molecule has 0 radical (unpaired) electrons. The molecule has 5 aliphatic rings. The summed E-state index contributed by atoms with van der Waals surface area (Å²) in [5.41, 5.74) is 21.0. The third-order valence-electron chi connectivity index (χ3n) is 25.9. The molecular formula is C108H105Cl3F5N27O5. The zero-order valence-electron chi connectivity index (χ0n) is 82.8. The van der Waals surface area contributed by atoms with E-state index in [0.29, 0.717) is 103 Å². The topological polar surface area (TPSA) is 344 Å². The molecule has 2 N–H and O–H groups in total. The third-order valence-corrected chi connectivity index (χ3v) is 27.0. The van der Waals surface area contributed by atoms with Gasteiger partial charge < -0.3 is 35.1 Å². The maximum atomic E-state index is 14.2. The first kappa shape index (κ1) is 105. The smallest absolute Gasteiger partial charge is 0.266 e. The number of tetrazole rings is 5. The summed E-state index contributed by atoms with van der Waals surface area (Å²) in [4.78, 5) is 79.9. The van der Waals surface area contributed by atoms with Crippen LogP contribution in [0.15, 0.2) is 252 Å². The van der Waals surface area contributed by atoms with Gasteiger partial charge in [-0.05, 0) is 243 Å². The molecule has 148 heavy (non-hydrogen) atoms. The van der Waals surface area contributed by atoms with Crippen LogP contribution in [0.5, 0.6) is 0 Å². The number of rotatable bonds is 23. The first-order chi connectivity index (χ1) is 71.3. The summed E-state index contributed by atoms with van der Waals surface area (Å²) >= 11 is 18.5. The molecule has 0 atom stereocenters. The Kier molecular flexibility index (Phi) is 33.7. The second-order valence-electron chi connectivity index (χ2n) is 36.2. The van der Waals surface area contributed by atoms with Crippen molar-refractivity contribution in [1.29, 1.82) is 0 Å². The van der Waals surface area contributed by atoms with Crippen LogP contribution in [0, 0.1) is 36.0 Å². The molecular weight excluding hydrogens is 1960 g/mol. The molecule has 20 rings (SSSR count). The number of nitrogens with one attached hydrogen (secondary N) is 2. The average Bonchev–Trinajstić information content (AvgIpc) is 1.65. The Hall–Kier alpha value is -16.3. The van der Waals surface area contributed by atoms with Gasteiger partial charge in [0.1, 0.15) is 34.6 Å². The lowest BCUT2D eigenvalue weighted by molar-refractivity contribution is 0.0981. The maximum Gasteiger partial charge on any atom is 0.266 e. The molecule has 32 nitrogen and oxygen atoms in total. The molecule has 15 aromatic rings. The molecule has 0 saturated carbocycles. The van der Waals surface area contributed by atoms with Gasteiger partial charge in [0.25, 0.3) is 41.6 Å². The van der Waals surface area contributed by atoms with Crippen LogP contribution in [0.3, 0.4) is 0 Å². The highest BCUT2D eigenvalue weighted by molar-refractivity contribution is 6.35. The van der Waals surface area contributed by atoms with Crippen molar-refractivity contribution in [2.75, 3.05) is 101 Å². The zero-order chi connectivity index (χ0) is 105. The third kappa shape index (κ3) is 26.0. The Morgan fingerprint density at radius 1 is 0.304 bits per heavy atom. The molecule has 0 spiro atoms. The quantitative estimate of drug-likeness (QED) is 0.0444. The number of ketones is 3. The van der Waals surface area contributed by atoms with E-state index in [1.165, 1.54) is 105 Å². The SMILES string of the molecule is CC1=C(c2ccc(CC(=O)c3cccc(F)c3Cl)cc2)CN(c2nnn(C)n2)CC1.CC1=C(c2ccc(CC(=O)c3ccccc3Cl)cc2)CN(c2nnn(C)n2)CC1.CC1=C(c2ccc(CC(=O)c3ccccc3F)cc2)CN(c2nnn(C)n2)CC1.CC1=C(c2ccc(NC(=O)c3cccc(C)c3F)cc2)CN(c2nnn(C)n2)CC1.Cn1nnc(N2CCC(Cl)=C(c3ccc(NC(=O)c4c(F)cccc4F)cc3)C2)n1. The summed E-state index contributed by atoms with van der Waals surface area (Å²) in [5, 5.41) is 67.9. The number of aromatic nitrogens is 20. The number of Topliss-reactive ketones (excluding diaryl/α,β-unsaturated/α-hetero) is 3. The highest BCUT2D eigenvalue weighted by Gasteiger charge is 2.30. The number of nitrogens with zero attached hydrogens (tertiary/aromatic N) is 25. The van der Waals surface area contributed by atoms with E-state index in [1.807, 2.05) is 102 Å². The van der Waals surface area contributed by atoms with Gasteiger partial charge in [0.2, 0.25) is 0 Å². The highest BCUT2D eigenvalue weighted by Crippen LogP contribution is 2.37. The van der Waals surface area contributed by atoms with E-state index in [-0.39, 0.29) is 51.9 Å². The normalized spacial score (nSPS) is 14.3. The molecule has 0 saturated heterocycles. The molecule has 10 aromatic carbocycles. The van der Waals surface area contributed by atoms with Crippen molar-refractivity contribution in [3.63, 3.8) is 0 Å². The fraction of sp³-hybridized carbons (Fsp3) is 0.259. The summed E-state index contributed by atoms with van der Waals surface area (Å²) in [6.45, 7) is 17.7. The van der Waals surface area contributed by atoms with Gasteiger partial charge in [-0.1, -0.05) is 228 Å². The molecule has 0 unspecified atom stereocenters. The van der Waals surface area contributed by atoms with Gasteiger partial charge in [-0.2, -0.15) is 24.0 Å². The number of carbonyl (C=O) groups excluding carboxylic acids is 5. The predicted octanol–water partition coefficient (Wildman–Crippen LogP) is 18.7. The fourth-order valence-corrected chi connectivity index (χ4v) is 18.2. The second kappa shape index (κ2) is 47.7. The van der Waals surface area contributed by atoms with Gasteiger partial charge in [0.15, 0.2) is 17.3 Å². The fourth-order valence-electron chi connectivity index (χ4n) is 17.5. The van der Waals surface area contributed by atoms with Gasteiger partial charge in [-0.3, -0.25) is 24.0 Å². The number of carbonyl (C=O) groups is 5. The summed E-state index contributed by atoms with van der Waals surface area (Å²) in [5.74, 6) is -2.06. The van der Waals surface area contributed by atoms with Gasteiger partial charge >= 0.3 is 0 Å². The Balaban J connectivity index is 0.000000132. The Morgan fingerprint density at radius 2 is 0.595 bits per heavy atom. The van der Waals surface area contributed by atoms with E-state index in [1.54, 1.807) is 109 Å². The van der Waals surface area contributed by atoms with Crippen LogP contribution in [0.25, 0.3) is 27.9 Å². The lowest BCUT2D eigenvalue weighted by Gasteiger charge is -2.29. The van der Waals surface area contributed by atoms with Crippen molar-refractivity contribution in [1.82, 2.24) is 101 Å². The van der Waals surface area contributed by atoms with Crippen LogP contribution in [0.1, 0.15) is 162 Å². The number of hydrogen-bond acceptors (Lipinski definition) is 25. The van der Waals surface area contributed by atoms with Crippen molar-refractivity contribution in [2.24, 2.45) is 35.2 Å². The predicted molar refractivity (Wildman–Crippen MR) is 560 cm³/mol. The van der Waals surface area contributed by atoms with Gasteiger partial charge in [-0.25, -0.2) is 22.0 Å². The molecule has 5 aromatic heterocycles. The van der Waals surface area contributed by atoms with E-state index in [9.17, 15) is 45.9 Å². The van der Waals surface area contributed by atoms with Crippen LogP contribution in [0.2, 0.25) is 10.0 Å². The summed E-state index contributed by atoms with van der Waals surface area (Å²) in [7, 11) is 8.72. The molecule has 0 fully saturated rings. The largest absolute Gasteiger partial charge is 0.334 e. The van der Waals surface area contributed by atoms with Crippen LogP contribution in [0.4, 0.5) is 63.1 Å². The standard InChI is InChI=1S/C22H21ClFN5O.C22H22ClN5O.C22H23FN6O.C22H22FN5O.C20H17ClF2N6O/c1-14-10-11-29(22-25-27-28(2)26-22)13-18(14)16-8-6-15(7-9-16)12-20(30)17-4-3-5-19(24)21(17)23;1-15-11-12-28(22-24-26-27(2)25-22)14-19(15)17-9-7-16(8-10-17)13-21(29)18-5-3-4-6-20(18)23;1-14-11-12-29(22-25-27-28(3)26-22)13-19(14)16-7-9-17(10-8-16)24-21(30)18-6-4-5-15(2)20(18)23;1-15-11-12-28(22-24-26-27(2)25-22)14-19(15)17-9-7-16(8-10-17)13-21(29)18-5-3-4-6-20(18)23;1-28-26-20(25-27-28)29-10-9-15(21)14(11-29)12-5-7-13(8-6-12)24-19(30)18-16(22)3-2-4-17(18)23/h3-9H,10-13H2,1-2H3;3-10H,11-14H2,1-2H3;4-10H,11-13H2,1-3H3,(H,24,30);3-10H,11-14H2,1-2H3;2-8H,9-11H2,1H3,(H,24,30). The van der Waals surface area contributed by atoms with Crippen LogP contribution < -0.4 is 35.1 Å². The van der Waals surface area contributed by atoms with E-state index in [0.717, 1.165) is 126 Å². The monoisotopic (exact) mass is 2060 g/mol. The van der Waals surface area contributed by atoms with Crippen molar-refractivity contribution in [3.8, 4) is 0 Å². The molecule has 2 amide bonds. The van der Waals surface area contributed by atoms with E-state index in [4.69, 9.17) is 34.8 Å². The second-order valence-corrected chi connectivity index (χ2v) is 37.5. The minimum absolute atomic E-state index is 0.0244. The number of amides is 2. The molecule has 0 aliphatic carbocycles. The molecule has 10 heterocycles. The first-order valence-electron chi connectivity index (χ1n) is 47.7. The van der Waals surface area contributed by atoms with Crippen LogP contribution in [-0.4, -0.2) is 196 Å². The number of aryl methyl sites for hydroxylation is 6. The van der Waals surface area contributed by atoms with Gasteiger partial charge in [-0.15, -0.1) is 25.5 Å². The minimum Gasteiger partial charge on any atom is -0.334 e. The van der Waals surface area contributed by atoms with E-state index < -0.39 is 46.5 Å². The summed E-state index contributed by atoms with van der Waals surface area (Å²) < 4.78 is 69.2. The van der Waals surface area contributed by atoms with E-state index in [2.05, 4.69) is 147 Å². The van der Waals surface area contributed by atoms with Crippen molar-refractivity contribution < 1.29 is 45.9 Å². The first-order valence-corrected chi connectivity index (χ1v) is 48.8. The summed E-state index contributed by atoms with van der Waals surface area (Å²) in [6, 6.07) is 64.2. The minimum atomic E-state index is -0.916. The van der Waals surface area contributed by atoms with Crippen molar-refractivity contribution in [2.45, 2.75) is 86.0 Å². The Morgan fingerprint density at radius 3 is 0.966 bits per heavy atom. The lowest BCUT2D eigenvalue weighted by atomic mass is 9.93.